The molecule has 24 heavy (non-hydrogen) atoms. The number of aliphatic imine (C=N–C) groups is 1. The van der Waals surface area contributed by atoms with Gasteiger partial charge in [-0.2, -0.15) is 0 Å². The molecule has 6 heteroatoms. The van der Waals surface area contributed by atoms with Crippen LogP contribution in [0.15, 0.2) is 52.8 Å². The number of hydrogen-bond donors (Lipinski definition) is 3. The third kappa shape index (κ3) is 8.12. The number of hydrogen-bond acceptors (Lipinski definition) is 3. The Morgan fingerprint density at radius 1 is 1.17 bits per heavy atom. The van der Waals surface area contributed by atoms with Crippen molar-refractivity contribution in [3.63, 3.8) is 0 Å². The molecule has 0 aliphatic carbocycles. The monoisotopic (exact) mass is 459 g/mol. The fourth-order valence-corrected chi connectivity index (χ4v) is 2.96. The predicted molar refractivity (Wildman–Crippen MR) is 114 cm³/mol. The van der Waals surface area contributed by atoms with Crippen LogP contribution >= 0.6 is 35.3 Å². The van der Waals surface area contributed by atoms with Crippen molar-refractivity contribution in [2.75, 3.05) is 19.6 Å². The molecule has 0 fully saturated rings. The largest absolute Gasteiger partial charge is 0.391 e. The van der Waals surface area contributed by atoms with Crippen molar-refractivity contribution in [2.24, 2.45) is 4.99 Å². The van der Waals surface area contributed by atoms with Gasteiger partial charge in [-0.15, -0.1) is 35.3 Å². The van der Waals surface area contributed by atoms with Gasteiger partial charge in [0, 0.05) is 24.4 Å². The van der Waals surface area contributed by atoms with Crippen LogP contribution in [-0.2, 0) is 12.8 Å². The Hall–Kier alpha value is -1.12. The van der Waals surface area contributed by atoms with E-state index >= 15 is 0 Å². The molecule has 1 heterocycles. The minimum absolute atomic E-state index is 0. The lowest BCUT2D eigenvalue weighted by Crippen LogP contribution is -2.39. The fraction of sp³-hybridized carbons (Fsp3) is 0.389. The predicted octanol–water partition coefficient (Wildman–Crippen LogP) is 3.07. The summed E-state index contributed by atoms with van der Waals surface area (Å²) >= 11 is 1.77. The maximum absolute atomic E-state index is 10.1. The Morgan fingerprint density at radius 2 is 1.96 bits per heavy atom. The van der Waals surface area contributed by atoms with Crippen molar-refractivity contribution >= 4 is 41.3 Å². The molecule has 2 aromatic rings. The maximum Gasteiger partial charge on any atom is 0.191 e. The molecule has 132 valence electrons. The van der Waals surface area contributed by atoms with E-state index < -0.39 is 6.10 Å². The minimum atomic E-state index is -0.467. The Bertz CT molecular complexity index is 575. The molecular weight excluding hydrogens is 433 g/mol. The quantitative estimate of drug-likeness (QED) is 0.323. The van der Waals surface area contributed by atoms with Crippen molar-refractivity contribution in [3.05, 3.63) is 58.3 Å². The molecule has 0 aliphatic rings. The van der Waals surface area contributed by atoms with Crippen LogP contribution in [0, 0.1) is 0 Å². The average Bonchev–Trinajstić information content (AvgIpc) is 3.07. The van der Waals surface area contributed by atoms with E-state index in [-0.39, 0.29) is 24.0 Å². The summed E-state index contributed by atoms with van der Waals surface area (Å²) in [6.07, 6.45) is 1.14. The molecule has 0 spiro atoms. The van der Waals surface area contributed by atoms with Gasteiger partial charge in [-0.05, 0) is 30.4 Å². The highest BCUT2D eigenvalue weighted by Crippen LogP contribution is 2.08. The molecule has 0 radical (unpaired) electrons. The van der Waals surface area contributed by atoms with Crippen LogP contribution in [0.1, 0.15) is 17.4 Å². The summed E-state index contributed by atoms with van der Waals surface area (Å²) in [6, 6.07) is 14.2. The number of nitrogens with zero attached hydrogens (tertiary/aromatic N) is 1. The van der Waals surface area contributed by atoms with Crippen LogP contribution < -0.4 is 10.6 Å². The number of rotatable bonds is 8. The molecule has 1 unspecified atom stereocenters. The van der Waals surface area contributed by atoms with Crippen LogP contribution in [0.25, 0.3) is 0 Å². The highest BCUT2D eigenvalue weighted by Gasteiger charge is 2.05. The molecule has 0 saturated carbocycles. The highest BCUT2D eigenvalue weighted by atomic mass is 127. The van der Waals surface area contributed by atoms with Crippen LogP contribution in [0.4, 0.5) is 0 Å². The minimum Gasteiger partial charge on any atom is -0.391 e. The number of halogens is 1. The first-order chi connectivity index (χ1) is 11.3. The van der Waals surface area contributed by atoms with Gasteiger partial charge in [0.05, 0.1) is 12.6 Å². The summed E-state index contributed by atoms with van der Waals surface area (Å²) in [4.78, 5) is 5.83. The highest BCUT2D eigenvalue weighted by molar-refractivity contribution is 14.0. The summed E-state index contributed by atoms with van der Waals surface area (Å²) < 4.78 is 0. The first kappa shape index (κ1) is 20.9. The number of thiophene rings is 1. The van der Waals surface area contributed by atoms with E-state index in [0.29, 0.717) is 13.0 Å². The maximum atomic E-state index is 10.1. The Kier molecular flexibility index (Phi) is 10.7. The SMILES string of the molecule is CCNC(=NCC(O)Cc1ccccc1)NCCc1cccs1.I. The van der Waals surface area contributed by atoms with E-state index in [1.807, 2.05) is 37.3 Å². The van der Waals surface area contributed by atoms with Crippen molar-refractivity contribution in [2.45, 2.75) is 25.9 Å². The molecule has 3 N–H and O–H groups in total. The molecule has 0 saturated heterocycles. The zero-order valence-corrected chi connectivity index (χ0v) is 17.1. The number of aliphatic hydroxyl groups is 1. The normalized spacial score (nSPS) is 12.3. The zero-order valence-electron chi connectivity index (χ0n) is 13.9. The molecule has 0 bridgehead atoms. The zero-order chi connectivity index (χ0) is 16.3. The van der Waals surface area contributed by atoms with Gasteiger partial charge in [-0.25, -0.2) is 0 Å². The molecule has 2 rings (SSSR count). The lowest BCUT2D eigenvalue weighted by atomic mass is 10.1. The van der Waals surface area contributed by atoms with Crippen LogP contribution in [-0.4, -0.2) is 36.8 Å². The van der Waals surface area contributed by atoms with Gasteiger partial charge in [0.25, 0.3) is 0 Å². The summed E-state index contributed by atoms with van der Waals surface area (Å²) in [5.41, 5.74) is 1.13. The van der Waals surface area contributed by atoms with Crippen molar-refractivity contribution in [3.8, 4) is 0 Å². The number of aliphatic hydroxyl groups excluding tert-OH is 1. The van der Waals surface area contributed by atoms with Gasteiger partial charge >= 0.3 is 0 Å². The molecule has 0 amide bonds. The number of guanidine groups is 1. The van der Waals surface area contributed by atoms with E-state index in [1.54, 1.807) is 11.3 Å². The van der Waals surface area contributed by atoms with E-state index in [9.17, 15) is 5.11 Å². The topological polar surface area (TPSA) is 56.7 Å². The summed E-state index contributed by atoms with van der Waals surface area (Å²) in [5, 5.41) is 18.8. The summed E-state index contributed by atoms with van der Waals surface area (Å²) in [5.74, 6) is 0.760. The smallest absolute Gasteiger partial charge is 0.191 e. The van der Waals surface area contributed by atoms with Crippen molar-refractivity contribution in [1.82, 2.24) is 10.6 Å². The second-order valence-corrected chi connectivity index (χ2v) is 6.35. The Labute approximate surface area is 165 Å². The molecule has 0 aliphatic heterocycles. The Balaban J connectivity index is 0.00000288. The molecule has 1 aromatic carbocycles. The average molecular weight is 459 g/mol. The van der Waals surface area contributed by atoms with Crippen LogP contribution in [0.2, 0.25) is 0 Å². The van der Waals surface area contributed by atoms with Gasteiger partial charge in [0.15, 0.2) is 5.96 Å². The molecular formula is C18H26IN3OS. The van der Waals surface area contributed by atoms with Crippen molar-refractivity contribution < 1.29 is 5.11 Å². The lowest BCUT2D eigenvalue weighted by molar-refractivity contribution is 0.183. The van der Waals surface area contributed by atoms with Gasteiger partial charge in [-0.1, -0.05) is 36.4 Å². The number of nitrogens with one attached hydrogen (secondary N) is 2. The number of benzene rings is 1. The second-order valence-electron chi connectivity index (χ2n) is 5.32. The van der Waals surface area contributed by atoms with Crippen LogP contribution in [0.3, 0.4) is 0 Å². The second kappa shape index (κ2) is 12.3. The van der Waals surface area contributed by atoms with E-state index in [4.69, 9.17) is 0 Å². The molecule has 1 atom stereocenters. The van der Waals surface area contributed by atoms with Gasteiger partial charge in [-0.3, -0.25) is 4.99 Å². The molecule has 1 aromatic heterocycles. The lowest BCUT2D eigenvalue weighted by Gasteiger charge is -2.13. The standard InChI is InChI=1S/C18H25N3OS.HI/c1-2-19-18(20-11-10-17-9-6-12-23-17)21-14-16(22)13-15-7-4-3-5-8-15;/h3-9,12,16,22H,2,10-11,13-14H2,1H3,(H2,19,20,21);1H. The van der Waals surface area contributed by atoms with E-state index in [2.05, 4.69) is 33.1 Å². The van der Waals surface area contributed by atoms with E-state index in [1.165, 1.54) is 4.88 Å². The van der Waals surface area contributed by atoms with E-state index in [0.717, 1.165) is 31.0 Å². The van der Waals surface area contributed by atoms with Crippen LogP contribution in [0.5, 0.6) is 0 Å². The van der Waals surface area contributed by atoms with Gasteiger partial charge in [0.2, 0.25) is 0 Å². The summed E-state index contributed by atoms with van der Waals surface area (Å²) in [7, 11) is 0. The van der Waals surface area contributed by atoms with Gasteiger partial charge in [0.1, 0.15) is 0 Å². The first-order valence-corrected chi connectivity index (χ1v) is 8.92. The summed E-state index contributed by atoms with van der Waals surface area (Å²) in [6.45, 7) is 4.07. The Morgan fingerprint density at radius 3 is 2.62 bits per heavy atom. The third-order valence-corrected chi connectivity index (χ3v) is 4.30. The van der Waals surface area contributed by atoms with Crippen molar-refractivity contribution in [1.29, 1.82) is 0 Å². The van der Waals surface area contributed by atoms with Gasteiger partial charge < -0.3 is 15.7 Å². The fourth-order valence-electron chi connectivity index (χ4n) is 2.25. The molecule has 4 nitrogen and oxygen atoms in total. The first-order valence-electron chi connectivity index (χ1n) is 8.04. The third-order valence-electron chi connectivity index (χ3n) is 3.36.